The van der Waals surface area contributed by atoms with Gasteiger partial charge in [-0.3, -0.25) is 4.79 Å². The number of hydrogen-bond acceptors (Lipinski definition) is 3. The van der Waals surface area contributed by atoms with Gasteiger partial charge in [-0.05, 0) is 36.8 Å². The molecule has 7 heteroatoms. The van der Waals surface area contributed by atoms with E-state index in [1.165, 1.54) is 0 Å². The summed E-state index contributed by atoms with van der Waals surface area (Å²) < 4.78 is 42.1. The summed E-state index contributed by atoms with van der Waals surface area (Å²) in [5.41, 5.74) is -1.67. The highest BCUT2D eigenvalue weighted by Crippen LogP contribution is 2.45. The Balaban J connectivity index is 2.04. The molecule has 1 unspecified atom stereocenters. The van der Waals surface area contributed by atoms with Crippen molar-refractivity contribution >= 4 is 5.91 Å². The molecule has 1 saturated carbocycles. The molecule has 2 rings (SSSR count). The highest BCUT2D eigenvalue weighted by Gasteiger charge is 2.47. The molecule has 1 amide bonds. The normalized spacial score (nSPS) is 23.1. The quantitative estimate of drug-likeness (QED) is 0.872. The molecule has 4 nitrogen and oxygen atoms in total. The van der Waals surface area contributed by atoms with Crippen molar-refractivity contribution in [3.63, 3.8) is 0 Å². The topological polar surface area (TPSA) is 58.6 Å². The summed E-state index contributed by atoms with van der Waals surface area (Å²) in [6.45, 7) is 0.785. The van der Waals surface area contributed by atoms with Gasteiger partial charge in [0.2, 0.25) is 0 Å². The molecule has 0 radical (unpaired) electrons. The molecule has 23 heavy (non-hydrogen) atoms. The average Bonchev–Trinajstić information content (AvgIpc) is 2.70. The molecule has 0 heterocycles. The van der Waals surface area contributed by atoms with Crippen molar-refractivity contribution < 1.29 is 27.8 Å². The van der Waals surface area contributed by atoms with Crippen molar-refractivity contribution in [3.8, 4) is 5.75 Å². The first-order valence-corrected chi connectivity index (χ1v) is 7.40. The van der Waals surface area contributed by atoms with Crippen LogP contribution in [0.1, 0.15) is 43.5 Å². The number of alkyl halides is 2. The third-order valence-electron chi connectivity index (χ3n) is 4.60. The number of aliphatic hydroxyl groups is 1. The third kappa shape index (κ3) is 3.77. The zero-order valence-electron chi connectivity index (χ0n) is 13.0. The fourth-order valence-electron chi connectivity index (χ4n) is 2.90. The number of hydrogen-bond donors (Lipinski definition) is 2. The van der Waals surface area contributed by atoms with Gasteiger partial charge in [0.15, 0.2) is 0 Å². The first kappa shape index (κ1) is 17.6. The minimum atomic E-state index is -3.06. The van der Waals surface area contributed by atoms with E-state index in [4.69, 9.17) is 0 Å². The Morgan fingerprint density at radius 1 is 1.39 bits per heavy atom. The van der Waals surface area contributed by atoms with E-state index in [0.717, 1.165) is 31.0 Å². The molecule has 1 aliphatic carbocycles. The van der Waals surface area contributed by atoms with Crippen LogP contribution in [-0.4, -0.2) is 29.8 Å². The van der Waals surface area contributed by atoms with Crippen LogP contribution in [0.5, 0.6) is 5.75 Å². The highest BCUT2D eigenvalue weighted by molar-refractivity contribution is 5.94. The zero-order chi connectivity index (χ0) is 17.3. The van der Waals surface area contributed by atoms with Crippen LogP contribution in [0.15, 0.2) is 18.2 Å². The Hall–Kier alpha value is -1.76. The summed E-state index contributed by atoms with van der Waals surface area (Å²) in [6.07, 6.45) is 2.25. The summed E-state index contributed by atoms with van der Waals surface area (Å²) in [6, 6.07) is 2.90. The van der Waals surface area contributed by atoms with Gasteiger partial charge in [-0.15, -0.1) is 0 Å². The average molecular weight is 331 g/mol. The maximum atomic E-state index is 13.9. The van der Waals surface area contributed by atoms with Crippen LogP contribution in [-0.2, 0) is 0 Å². The molecule has 1 atom stereocenters. The Morgan fingerprint density at radius 3 is 2.61 bits per heavy atom. The molecule has 1 aliphatic rings. The fraction of sp³-hybridized carbons (Fsp3) is 0.562. The van der Waals surface area contributed by atoms with Crippen molar-refractivity contribution in [2.75, 3.05) is 6.54 Å². The minimum Gasteiger partial charge on any atom is -0.435 e. The molecule has 0 aromatic heterocycles. The van der Waals surface area contributed by atoms with E-state index in [1.54, 1.807) is 0 Å². The van der Waals surface area contributed by atoms with Gasteiger partial charge in [0.1, 0.15) is 11.6 Å². The molecule has 0 aliphatic heterocycles. The number of halogens is 3. The van der Waals surface area contributed by atoms with Crippen LogP contribution in [0.2, 0.25) is 0 Å². The lowest BCUT2D eigenvalue weighted by atomic mass is 9.78. The van der Waals surface area contributed by atoms with Crippen LogP contribution < -0.4 is 10.1 Å². The Bertz CT molecular complexity index is 592. The number of carbonyl (C=O) groups is 1. The molecular weight excluding hydrogens is 311 g/mol. The van der Waals surface area contributed by atoms with Crippen molar-refractivity contribution in [2.24, 2.45) is 5.41 Å². The van der Waals surface area contributed by atoms with Gasteiger partial charge in [0.25, 0.3) is 5.91 Å². The monoisotopic (exact) mass is 331 g/mol. The summed E-state index contributed by atoms with van der Waals surface area (Å²) >= 11 is 0. The summed E-state index contributed by atoms with van der Waals surface area (Å²) in [4.78, 5) is 12.1. The molecule has 1 aromatic rings. The second-order valence-electron chi connectivity index (χ2n) is 6.47. The van der Waals surface area contributed by atoms with Crippen molar-refractivity contribution in [2.45, 2.75) is 45.3 Å². The van der Waals surface area contributed by atoms with E-state index in [2.05, 4.69) is 10.1 Å². The van der Waals surface area contributed by atoms with Gasteiger partial charge in [0, 0.05) is 12.6 Å². The van der Waals surface area contributed by atoms with E-state index in [-0.39, 0.29) is 23.3 Å². The van der Waals surface area contributed by atoms with Gasteiger partial charge < -0.3 is 15.2 Å². The van der Waals surface area contributed by atoms with Crippen molar-refractivity contribution in [1.29, 1.82) is 0 Å². The SMILES string of the molecule is CC1(C)CCCC1(O)CNC(=O)c1ccc(OC(F)F)cc1F. The number of rotatable bonds is 5. The lowest BCUT2D eigenvalue weighted by Crippen LogP contribution is -2.49. The first-order valence-electron chi connectivity index (χ1n) is 7.40. The fourth-order valence-corrected chi connectivity index (χ4v) is 2.90. The molecule has 2 N–H and O–H groups in total. The molecule has 1 fully saturated rings. The summed E-state index contributed by atoms with van der Waals surface area (Å²) in [5.74, 6) is -2.02. The van der Waals surface area contributed by atoms with Crippen LogP contribution in [0.3, 0.4) is 0 Å². The summed E-state index contributed by atoms with van der Waals surface area (Å²) in [7, 11) is 0. The van der Waals surface area contributed by atoms with E-state index in [0.29, 0.717) is 6.42 Å². The van der Waals surface area contributed by atoms with E-state index >= 15 is 0 Å². The highest BCUT2D eigenvalue weighted by atomic mass is 19.3. The van der Waals surface area contributed by atoms with Gasteiger partial charge in [-0.25, -0.2) is 4.39 Å². The maximum Gasteiger partial charge on any atom is 0.387 e. The second-order valence-corrected chi connectivity index (χ2v) is 6.47. The van der Waals surface area contributed by atoms with Gasteiger partial charge in [0.05, 0.1) is 11.2 Å². The molecular formula is C16H20F3NO3. The Kier molecular flexibility index (Phi) is 4.89. The van der Waals surface area contributed by atoms with Gasteiger partial charge in [-0.2, -0.15) is 8.78 Å². The maximum absolute atomic E-state index is 13.9. The van der Waals surface area contributed by atoms with Gasteiger partial charge >= 0.3 is 6.61 Å². The number of ether oxygens (including phenoxy) is 1. The molecule has 1 aromatic carbocycles. The standard InChI is InChI=1S/C16H20F3NO3/c1-15(2)6-3-7-16(15,22)9-20-13(21)11-5-4-10(8-12(11)17)23-14(18)19/h4-5,8,14,22H,3,6-7,9H2,1-2H3,(H,20,21). The van der Waals surface area contributed by atoms with Gasteiger partial charge in [-0.1, -0.05) is 13.8 Å². The van der Waals surface area contributed by atoms with E-state index < -0.39 is 23.9 Å². The lowest BCUT2D eigenvalue weighted by molar-refractivity contribution is -0.0500. The Labute approximate surface area is 132 Å². The molecule has 0 spiro atoms. The lowest BCUT2D eigenvalue weighted by Gasteiger charge is -2.36. The molecule has 0 bridgehead atoms. The van der Waals surface area contributed by atoms with Crippen LogP contribution >= 0.6 is 0 Å². The van der Waals surface area contributed by atoms with E-state index in [1.807, 2.05) is 13.8 Å². The smallest absolute Gasteiger partial charge is 0.387 e. The third-order valence-corrected chi connectivity index (χ3v) is 4.60. The number of carbonyl (C=O) groups excluding carboxylic acids is 1. The van der Waals surface area contributed by atoms with Crippen LogP contribution in [0, 0.1) is 11.2 Å². The Morgan fingerprint density at radius 2 is 2.09 bits per heavy atom. The molecule has 128 valence electrons. The largest absolute Gasteiger partial charge is 0.435 e. The zero-order valence-corrected chi connectivity index (χ0v) is 13.0. The predicted molar refractivity (Wildman–Crippen MR) is 77.9 cm³/mol. The number of amides is 1. The number of benzene rings is 1. The second kappa shape index (κ2) is 6.39. The first-order chi connectivity index (χ1) is 10.6. The van der Waals surface area contributed by atoms with Crippen LogP contribution in [0.25, 0.3) is 0 Å². The number of nitrogens with one attached hydrogen (secondary N) is 1. The van der Waals surface area contributed by atoms with Crippen molar-refractivity contribution in [1.82, 2.24) is 5.32 Å². The summed E-state index contributed by atoms with van der Waals surface area (Å²) in [5, 5.41) is 13.1. The minimum absolute atomic E-state index is 0.00750. The van der Waals surface area contributed by atoms with Crippen molar-refractivity contribution in [3.05, 3.63) is 29.6 Å². The van der Waals surface area contributed by atoms with E-state index in [9.17, 15) is 23.1 Å². The predicted octanol–water partition coefficient (Wildman–Crippen LogP) is 3.10. The molecule has 0 saturated heterocycles. The van der Waals surface area contributed by atoms with Crippen LogP contribution in [0.4, 0.5) is 13.2 Å².